The zero-order valence-corrected chi connectivity index (χ0v) is 12.1. The number of carbonyl (C=O) groups is 1. The van der Waals surface area contributed by atoms with Crippen LogP contribution in [0.1, 0.15) is 23.2 Å². The molecule has 1 heterocycles. The summed E-state index contributed by atoms with van der Waals surface area (Å²) in [7, 11) is 0. The summed E-state index contributed by atoms with van der Waals surface area (Å²) in [6.07, 6.45) is 2.67. The molecule has 3 rings (SSSR count). The van der Waals surface area contributed by atoms with Crippen LogP contribution in [0.4, 0.5) is 4.39 Å². The largest absolute Gasteiger partial charge is 0.336 e. The van der Waals surface area contributed by atoms with Gasteiger partial charge >= 0.3 is 0 Å². The third kappa shape index (κ3) is 2.96. The Balaban J connectivity index is 1.63. The molecule has 1 aliphatic heterocycles. The summed E-state index contributed by atoms with van der Waals surface area (Å²) >= 11 is 5.95. The number of nitrogens with zero attached hydrogens (tertiary/aromatic N) is 2. The molecule has 1 aromatic carbocycles. The van der Waals surface area contributed by atoms with Crippen LogP contribution in [0.15, 0.2) is 18.2 Å². The van der Waals surface area contributed by atoms with Crippen LogP contribution in [0.2, 0.25) is 5.02 Å². The molecule has 1 saturated carbocycles. The number of hydrogen-bond donors (Lipinski definition) is 0. The van der Waals surface area contributed by atoms with Crippen molar-refractivity contribution >= 4 is 17.5 Å². The van der Waals surface area contributed by atoms with Gasteiger partial charge in [0.1, 0.15) is 5.82 Å². The van der Waals surface area contributed by atoms with Gasteiger partial charge in [0.05, 0.1) is 10.6 Å². The average molecular weight is 297 g/mol. The second kappa shape index (κ2) is 5.70. The van der Waals surface area contributed by atoms with E-state index in [1.54, 1.807) is 11.0 Å². The van der Waals surface area contributed by atoms with Crippen molar-refractivity contribution in [3.63, 3.8) is 0 Å². The molecule has 2 aliphatic rings. The van der Waals surface area contributed by atoms with Crippen molar-refractivity contribution < 1.29 is 9.18 Å². The number of rotatable bonds is 3. The summed E-state index contributed by atoms with van der Waals surface area (Å²) in [5.74, 6) is 0.0281. The molecule has 5 heteroatoms. The Bertz CT molecular complexity index is 490. The highest BCUT2D eigenvalue weighted by atomic mass is 35.5. The highest BCUT2D eigenvalue weighted by molar-refractivity contribution is 6.33. The third-order valence-electron chi connectivity index (χ3n) is 4.05. The maximum absolute atomic E-state index is 13.8. The lowest BCUT2D eigenvalue weighted by Crippen LogP contribution is -2.49. The third-order valence-corrected chi connectivity index (χ3v) is 4.36. The predicted molar refractivity (Wildman–Crippen MR) is 76.5 cm³/mol. The van der Waals surface area contributed by atoms with Gasteiger partial charge in [0.2, 0.25) is 0 Å². The summed E-state index contributed by atoms with van der Waals surface area (Å²) < 4.78 is 13.8. The number of piperazine rings is 1. The lowest BCUT2D eigenvalue weighted by atomic mass is 10.1. The SMILES string of the molecule is O=C(c1c(F)cccc1Cl)N1CCN(CC2CC2)CC1. The van der Waals surface area contributed by atoms with E-state index >= 15 is 0 Å². The van der Waals surface area contributed by atoms with Crippen LogP contribution in [-0.2, 0) is 0 Å². The van der Waals surface area contributed by atoms with Crippen LogP contribution in [0.25, 0.3) is 0 Å². The van der Waals surface area contributed by atoms with Gasteiger partial charge in [-0.3, -0.25) is 9.69 Å². The van der Waals surface area contributed by atoms with E-state index in [-0.39, 0.29) is 16.5 Å². The van der Waals surface area contributed by atoms with Crippen LogP contribution in [0.5, 0.6) is 0 Å². The minimum atomic E-state index is -0.539. The first kappa shape index (κ1) is 13.8. The molecule has 1 aromatic rings. The van der Waals surface area contributed by atoms with Crippen molar-refractivity contribution in [3.05, 3.63) is 34.6 Å². The number of halogens is 2. The zero-order chi connectivity index (χ0) is 14.1. The zero-order valence-electron chi connectivity index (χ0n) is 11.3. The van der Waals surface area contributed by atoms with Gasteiger partial charge in [-0.05, 0) is 30.9 Å². The molecule has 2 fully saturated rings. The molecule has 1 aliphatic carbocycles. The van der Waals surface area contributed by atoms with Crippen LogP contribution in [-0.4, -0.2) is 48.4 Å². The molecule has 0 N–H and O–H groups in total. The molecule has 0 spiro atoms. The molecule has 1 amide bonds. The molecular formula is C15H18ClFN2O. The Morgan fingerprint density at radius 3 is 2.55 bits per heavy atom. The van der Waals surface area contributed by atoms with Crippen molar-refractivity contribution in [1.29, 1.82) is 0 Å². The molecule has 20 heavy (non-hydrogen) atoms. The number of hydrogen-bond acceptors (Lipinski definition) is 2. The molecule has 108 valence electrons. The quantitative estimate of drug-likeness (QED) is 0.856. The Labute approximate surface area is 123 Å². The molecular weight excluding hydrogens is 279 g/mol. The Hall–Kier alpha value is -1.13. The summed E-state index contributed by atoms with van der Waals surface area (Å²) in [5, 5.41) is 0.190. The molecule has 1 saturated heterocycles. The van der Waals surface area contributed by atoms with Crippen molar-refractivity contribution in [2.75, 3.05) is 32.7 Å². The summed E-state index contributed by atoms with van der Waals surface area (Å²) in [6.45, 7) is 4.18. The first-order valence-electron chi connectivity index (χ1n) is 7.11. The van der Waals surface area contributed by atoms with Crippen LogP contribution < -0.4 is 0 Å². The molecule has 0 aromatic heterocycles. The van der Waals surface area contributed by atoms with E-state index in [0.717, 1.165) is 25.6 Å². The lowest BCUT2D eigenvalue weighted by molar-refractivity contribution is 0.0627. The van der Waals surface area contributed by atoms with Crippen molar-refractivity contribution in [2.45, 2.75) is 12.8 Å². The van der Waals surface area contributed by atoms with E-state index in [9.17, 15) is 9.18 Å². The predicted octanol–water partition coefficient (Wildman–Crippen LogP) is 2.65. The van der Waals surface area contributed by atoms with Gasteiger partial charge in [0.25, 0.3) is 5.91 Å². The summed E-state index contributed by atoms with van der Waals surface area (Å²) in [4.78, 5) is 16.5. The van der Waals surface area contributed by atoms with Gasteiger partial charge < -0.3 is 4.90 Å². The number of amides is 1. The van der Waals surface area contributed by atoms with Crippen molar-refractivity contribution in [1.82, 2.24) is 9.80 Å². The summed E-state index contributed by atoms with van der Waals surface area (Å²) in [5.41, 5.74) is 0.00445. The maximum atomic E-state index is 13.8. The first-order valence-corrected chi connectivity index (χ1v) is 7.48. The van der Waals surface area contributed by atoms with E-state index in [0.29, 0.717) is 13.1 Å². The van der Waals surface area contributed by atoms with Gasteiger partial charge in [0.15, 0.2) is 0 Å². The van der Waals surface area contributed by atoms with Crippen LogP contribution in [0, 0.1) is 11.7 Å². The molecule has 0 atom stereocenters. The first-order chi connectivity index (χ1) is 9.65. The van der Waals surface area contributed by atoms with Crippen molar-refractivity contribution in [3.8, 4) is 0 Å². The van der Waals surface area contributed by atoms with Gasteiger partial charge in [-0.15, -0.1) is 0 Å². The highest BCUT2D eigenvalue weighted by Crippen LogP contribution is 2.30. The smallest absolute Gasteiger partial charge is 0.258 e. The Morgan fingerprint density at radius 1 is 1.25 bits per heavy atom. The standard InChI is InChI=1S/C15H18ClFN2O/c16-12-2-1-3-13(17)14(12)15(20)19-8-6-18(7-9-19)10-11-4-5-11/h1-3,11H,4-10H2. The molecule has 0 radical (unpaired) electrons. The maximum Gasteiger partial charge on any atom is 0.258 e. The second-order valence-electron chi connectivity index (χ2n) is 5.63. The van der Waals surface area contributed by atoms with Crippen LogP contribution >= 0.6 is 11.6 Å². The molecule has 3 nitrogen and oxygen atoms in total. The van der Waals surface area contributed by atoms with E-state index < -0.39 is 5.82 Å². The Morgan fingerprint density at radius 2 is 1.95 bits per heavy atom. The fourth-order valence-corrected chi connectivity index (χ4v) is 2.90. The van der Waals surface area contributed by atoms with Crippen LogP contribution in [0.3, 0.4) is 0 Å². The summed E-state index contributed by atoms with van der Waals surface area (Å²) in [6, 6.07) is 4.35. The second-order valence-corrected chi connectivity index (χ2v) is 6.04. The average Bonchev–Trinajstić information content (AvgIpc) is 3.23. The minimum absolute atomic E-state index is 0.00445. The van der Waals surface area contributed by atoms with Gasteiger partial charge in [-0.1, -0.05) is 17.7 Å². The van der Waals surface area contributed by atoms with E-state index in [2.05, 4.69) is 4.90 Å². The van der Waals surface area contributed by atoms with Gasteiger partial charge in [-0.2, -0.15) is 0 Å². The van der Waals surface area contributed by atoms with Gasteiger partial charge in [0, 0.05) is 32.7 Å². The fraction of sp³-hybridized carbons (Fsp3) is 0.533. The molecule has 0 bridgehead atoms. The fourth-order valence-electron chi connectivity index (χ4n) is 2.66. The monoisotopic (exact) mass is 296 g/mol. The number of benzene rings is 1. The lowest BCUT2D eigenvalue weighted by Gasteiger charge is -2.35. The van der Waals surface area contributed by atoms with E-state index in [1.807, 2.05) is 0 Å². The van der Waals surface area contributed by atoms with E-state index in [1.165, 1.54) is 25.0 Å². The van der Waals surface area contributed by atoms with Crippen molar-refractivity contribution in [2.24, 2.45) is 5.92 Å². The molecule has 0 unspecified atom stereocenters. The normalized spacial score (nSPS) is 20.2. The van der Waals surface area contributed by atoms with E-state index in [4.69, 9.17) is 11.6 Å². The Kier molecular flexibility index (Phi) is 3.94. The van der Waals surface area contributed by atoms with Gasteiger partial charge in [-0.25, -0.2) is 4.39 Å². The minimum Gasteiger partial charge on any atom is -0.336 e. The number of carbonyl (C=O) groups excluding carboxylic acids is 1. The highest BCUT2D eigenvalue weighted by Gasteiger charge is 2.29. The topological polar surface area (TPSA) is 23.6 Å².